The molecule has 1 heterocycles. The fourth-order valence-electron chi connectivity index (χ4n) is 3.14. The highest BCUT2D eigenvalue weighted by Crippen LogP contribution is 2.41. The van der Waals surface area contributed by atoms with E-state index in [0.29, 0.717) is 16.1 Å². The van der Waals surface area contributed by atoms with Crippen LogP contribution in [0.15, 0.2) is 24.4 Å². The summed E-state index contributed by atoms with van der Waals surface area (Å²) in [5.41, 5.74) is 3.74. The van der Waals surface area contributed by atoms with Crippen molar-refractivity contribution in [2.24, 2.45) is 5.41 Å². The van der Waals surface area contributed by atoms with Crippen molar-refractivity contribution in [3.63, 3.8) is 0 Å². The molecule has 3 nitrogen and oxygen atoms in total. The highest BCUT2D eigenvalue weighted by Gasteiger charge is 2.34. The average molecular weight is 324 g/mol. The van der Waals surface area contributed by atoms with Crippen LogP contribution in [0.25, 0.3) is 5.69 Å². The number of aromatic nitrogens is 2. The molecule has 0 radical (unpaired) electrons. The van der Waals surface area contributed by atoms with Gasteiger partial charge in [-0.15, -0.1) is 0 Å². The van der Waals surface area contributed by atoms with Gasteiger partial charge in [-0.1, -0.05) is 37.0 Å². The topological polar surface area (TPSA) is 29.9 Å². The molecular formula is C16H19Cl2N3. The molecule has 1 unspecified atom stereocenters. The Balaban J connectivity index is 2.10. The molecule has 0 saturated carbocycles. The van der Waals surface area contributed by atoms with Gasteiger partial charge in [0.05, 0.1) is 21.9 Å². The van der Waals surface area contributed by atoms with Crippen LogP contribution in [0.4, 0.5) is 0 Å². The van der Waals surface area contributed by atoms with Crippen LogP contribution in [0.5, 0.6) is 0 Å². The first-order valence-corrected chi connectivity index (χ1v) is 7.86. The van der Waals surface area contributed by atoms with Gasteiger partial charge >= 0.3 is 0 Å². The van der Waals surface area contributed by atoms with Gasteiger partial charge in [-0.25, -0.2) is 4.68 Å². The summed E-state index contributed by atoms with van der Waals surface area (Å²) in [6.07, 6.45) is 4.08. The maximum atomic E-state index is 6.14. The number of fused-ring (bicyclic) bond motifs is 1. The molecule has 112 valence electrons. The molecule has 1 aliphatic rings. The first-order valence-electron chi connectivity index (χ1n) is 7.11. The van der Waals surface area contributed by atoms with E-state index in [1.807, 2.05) is 36.1 Å². The summed E-state index contributed by atoms with van der Waals surface area (Å²) in [4.78, 5) is 0. The molecule has 0 fully saturated rings. The van der Waals surface area contributed by atoms with E-state index in [4.69, 9.17) is 23.2 Å². The Bertz CT molecular complexity index is 676. The lowest BCUT2D eigenvalue weighted by molar-refractivity contribution is 0.260. The summed E-state index contributed by atoms with van der Waals surface area (Å²) in [6, 6.07) is 5.99. The predicted molar refractivity (Wildman–Crippen MR) is 87.5 cm³/mol. The normalized spacial score (nSPS) is 20.3. The first-order chi connectivity index (χ1) is 9.91. The highest BCUT2D eigenvalue weighted by atomic mass is 35.5. The van der Waals surface area contributed by atoms with Crippen LogP contribution in [-0.2, 0) is 6.42 Å². The van der Waals surface area contributed by atoms with Gasteiger partial charge in [-0.2, -0.15) is 5.10 Å². The Morgan fingerprint density at radius 3 is 2.71 bits per heavy atom. The minimum Gasteiger partial charge on any atom is -0.313 e. The van der Waals surface area contributed by atoms with Crippen LogP contribution >= 0.6 is 23.2 Å². The summed E-state index contributed by atoms with van der Waals surface area (Å²) < 4.78 is 1.99. The van der Waals surface area contributed by atoms with Crippen LogP contribution in [-0.4, -0.2) is 16.8 Å². The lowest BCUT2D eigenvalue weighted by Gasteiger charge is -2.35. The Morgan fingerprint density at radius 1 is 1.29 bits per heavy atom. The van der Waals surface area contributed by atoms with Crippen LogP contribution in [0.2, 0.25) is 10.0 Å². The number of hydrogen-bond acceptors (Lipinski definition) is 2. The number of hydrogen-bond donors (Lipinski definition) is 1. The van der Waals surface area contributed by atoms with Crippen molar-refractivity contribution < 1.29 is 0 Å². The Labute approximate surface area is 135 Å². The Morgan fingerprint density at radius 2 is 2.05 bits per heavy atom. The molecule has 5 heteroatoms. The van der Waals surface area contributed by atoms with E-state index < -0.39 is 0 Å². The van der Waals surface area contributed by atoms with Crippen LogP contribution in [0, 0.1) is 5.41 Å². The van der Waals surface area contributed by atoms with Gasteiger partial charge in [0.15, 0.2) is 0 Å². The van der Waals surface area contributed by atoms with Crippen LogP contribution in [0.3, 0.4) is 0 Å². The van der Waals surface area contributed by atoms with Gasteiger partial charge in [0, 0.05) is 17.3 Å². The fraction of sp³-hybridized carbons (Fsp3) is 0.438. The van der Waals surface area contributed by atoms with E-state index in [-0.39, 0.29) is 5.41 Å². The second kappa shape index (κ2) is 5.31. The highest BCUT2D eigenvalue weighted by molar-refractivity contribution is 6.42. The van der Waals surface area contributed by atoms with Crippen molar-refractivity contribution >= 4 is 23.2 Å². The summed E-state index contributed by atoms with van der Waals surface area (Å²) in [5.74, 6) is 0. The third-order valence-electron chi connectivity index (χ3n) is 4.18. The molecule has 0 amide bonds. The zero-order valence-electron chi connectivity index (χ0n) is 12.5. The van der Waals surface area contributed by atoms with Crippen molar-refractivity contribution in [2.45, 2.75) is 32.7 Å². The van der Waals surface area contributed by atoms with Gasteiger partial charge in [-0.3, -0.25) is 0 Å². The van der Waals surface area contributed by atoms with Gasteiger partial charge in [-0.05, 0) is 43.5 Å². The maximum Gasteiger partial charge on any atom is 0.0664 e. The molecule has 1 aromatic carbocycles. The molecule has 0 aliphatic heterocycles. The zero-order valence-corrected chi connectivity index (χ0v) is 14.0. The van der Waals surface area contributed by atoms with Gasteiger partial charge in [0.1, 0.15) is 0 Å². The van der Waals surface area contributed by atoms with Crippen molar-refractivity contribution in [2.75, 3.05) is 7.05 Å². The molecule has 0 spiro atoms. The summed E-state index contributed by atoms with van der Waals surface area (Å²) in [5, 5.41) is 9.10. The van der Waals surface area contributed by atoms with E-state index >= 15 is 0 Å². The van der Waals surface area contributed by atoms with E-state index in [1.54, 1.807) is 0 Å². The number of rotatable bonds is 2. The van der Waals surface area contributed by atoms with Crippen molar-refractivity contribution in [1.82, 2.24) is 15.1 Å². The quantitative estimate of drug-likeness (QED) is 0.887. The standard InChI is InChI=1S/C16H19Cl2N3/c1-16(2)7-14(19-3)11-9-20-21(15(11)8-16)10-4-5-12(17)13(18)6-10/h4-6,9,14,19H,7-8H2,1-3H3. The minimum atomic E-state index is 0.245. The molecule has 1 aliphatic carbocycles. The predicted octanol–water partition coefficient (Wildman–Crippen LogP) is 4.41. The molecule has 1 atom stereocenters. The molecule has 0 bridgehead atoms. The third kappa shape index (κ3) is 2.70. The van der Waals surface area contributed by atoms with Gasteiger partial charge < -0.3 is 5.32 Å². The minimum absolute atomic E-state index is 0.245. The monoisotopic (exact) mass is 323 g/mol. The van der Waals surface area contributed by atoms with Crippen molar-refractivity contribution in [1.29, 1.82) is 0 Å². The summed E-state index contributed by atoms with van der Waals surface area (Å²) in [7, 11) is 2.01. The molecule has 1 aromatic heterocycles. The van der Waals surface area contributed by atoms with E-state index in [9.17, 15) is 0 Å². The second-order valence-corrected chi connectivity index (χ2v) is 7.26. The third-order valence-corrected chi connectivity index (χ3v) is 4.91. The van der Waals surface area contributed by atoms with Crippen molar-refractivity contribution in [3.05, 3.63) is 45.7 Å². The van der Waals surface area contributed by atoms with E-state index in [1.165, 1.54) is 11.3 Å². The number of nitrogens with one attached hydrogen (secondary N) is 1. The smallest absolute Gasteiger partial charge is 0.0664 e. The van der Waals surface area contributed by atoms with E-state index in [2.05, 4.69) is 24.3 Å². The molecular weight excluding hydrogens is 305 g/mol. The molecule has 1 N–H and O–H groups in total. The number of benzene rings is 1. The lowest BCUT2D eigenvalue weighted by atomic mass is 9.74. The second-order valence-electron chi connectivity index (χ2n) is 6.44. The molecule has 21 heavy (non-hydrogen) atoms. The van der Waals surface area contributed by atoms with Crippen molar-refractivity contribution in [3.8, 4) is 5.69 Å². The van der Waals surface area contributed by atoms with Crippen LogP contribution in [0.1, 0.15) is 37.6 Å². The SMILES string of the molecule is CNC1CC(C)(C)Cc2c1cnn2-c1ccc(Cl)c(Cl)c1. The Hall–Kier alpha value is -1.03. The number of nitrogens with zero attached hydrogens (tertiary/aromatic N) is 2. The Kier molecular flexibility index (Phi) is 3.76. The molecule has 0 saturated heterocycles. The molecule has 2 aromatic rings. The lowest BCUT2D eigenvalue weighted by Crippen LogP contribution is -2.32. The summed E-state index contributed by atoms with van der Waals surface area (Å²) in [6.45, 7) is 4.60. The van der Waals surface area contributed by atoms with Crippen LogP contribution < -0.4 is 5.32 Å². The van der Waals surface area contributed by atoms with Gasteiger partial charge in [0.2, 0.25) is 0 Å². The number of halogens is 2. The fourth-order valence-corrected chi connectivity index (χ4v) is 3.43. The maximum absolute atomic E-state index is 6.14. The zero-order chi connectivity index (χ0) is 15.2. The molecule has 3 rings (SSSR count). The largest absolute Gasteiger partial charge is 0.313 e. The van der Waals surface area contributed by atoms with Gasteiger partial charge in [0.25, 0.3) is 0 Å². The summed E-state index contributed by atoms with van der Waals surface area (Å²) >= 11 is 12.1. The first kappa shape index (κ1) is 14.9. The average Bonchev–Trinajstić information content (AvgIpc) is 2.83. The van der Waals surface area contributed by atoms with E-state index in [0.717, 1.165) is 18.5 Å².